The van der Waals surface area contributed by atoms with Crippen molar-refractivity contribution in [3.63, 3.8) is 0 Å². The molecule has 0 saturated carbocycles. The Morgan fingerprint density at radius 2 is 2.10 bits per heavy atom. The number of rotatable bonds is 8. The number of nitrogens with zero attached hydrogens (tertiary/aromatic N) is 2. The third-order valence-corrected chi connectivity index (χ3v) is 8.07. The van der Waals surface area contributed by atoms with Gasteiger partial charge in [-0.25, -0.2) is 8.42 Å². The quantitative estimate of drug-likeness (QED) is 0.605. The van der Waals surface area contributed by atoms with Crippen LogP contribution >= 0.6 is 11.3 Å². The van der Waals surface area contributed by atoms with Crippen molar-refractivity contribution in [2.75, 3.05) is 20.7 Å². The fourth-order valence-corrected chi connectivity index (χ4v) is 6.18. The number of sulfonamides is 1. The highest BCUT2D eigenvalue weighted by molar-refractivity contribution is 7.91. The van der Waals surface area contributed by atoms with Crippen molar-refractivity contribution in [2.45, 2.75) is 36.2 Å². The number of benzene rings is 1. The van der Waals surface area contributed by atoms with Gasteiger partial charge in [0.25, 0.3) is 10.0 Å². The Labute approximate surface area is 177 Å². The minimum atomic E-state index is -3.74. The maximum Gasteiger partial charge on any atom is 0.387 e. The normalized spacial score (nSPS) is 17.3. The molecule has 2 aromatic rings. The molecule has 1 atom stereocenters. The zero-order chi connectivity index (χ0) is 21.9. The number of hydrogen-bond donors (Lipinski definition) is 0. The summed E-state index contributed by atoms with van der Waals surface area (Å²) in [6.45, 7) is -2.63. The minimum Gasteiger partial charge on any atom is -0.493 e. The summed E-state index contributed by atoms with van der Waals surface area (Å²) in [5.41, 5.74) is 0.549. The van der Waals surface area contributed by atoms with E-state index in [1.807, 2.05) is 0 Å². The number of carbonyl (C=O) groups is 1. The molecular weight excluding hydrogens is 438 g/mol. The molecule has 7 nitrogen and oxygen atoms in total. The molecule has 1 amide bonds. The zero-order valence-corrected chi connectivity index (χ0v) is 18.1. The molecule has 1 aliphatic heterocycles. The lowest BCUT2D eigenvalue weighted by Gasteiger charge is -2.27. The molecule has 2 heterocycles. The number of ether oxygens (including phenoxy) is 2. The van der Waals surface area contributed by atoms with E-state index in [0.29, 0.717) is 18.4 Å². The molecule has 1 aromatic heterocycles. The van der Waals surface area contributed by atoms with Gasteiger partial charge >= 0.3 is 6.61 Å². The molecule has 11 heteroatoms. The van der Waals surface area contributed by atoms with Crippen LogP contribution < -0.4 is 9.47 Å². The highest BCUT2D eigenvalue weighted by atomic mass is 32.2. The van der Waals surface area contributed by atoms with Crippen LogP contribution in [0.3, 0.4) is 0 Å². The van der Waals surface area contributed by atoms with Gasteiger partial charge in [0.15, 0.2) is 11.5 Å². The summed E-state index contributed by atoms with van der Waals surface area (Å²) in [4.78, 5) is 14.4. The van der Waals surface area contributed by atoms with E-state index in [-0.39, 0.29) is 34.7 Å². The van der Waals surface area contributed by atoms with Crippen molar-refractivity contribution in [1.82, 2.24) is 9.21 Å². The van der Waals surface area contributed by atoms with E-state index in [2.05, 4.69) is 4.74 Å². The Balaban J connectivity index is 1.75. The molecule has 1 saturated heterocycles. The van der Waals surface area contributed by atoms with Crippen LogP contribution in [0.1, 0.15) is 18.4 Å². The van der Waals surface area contributed by atoms with Crippen LogP contribution in [0.2, 0.25) is 0 Å². The number of thiophene rings is 1. The second-order valence-corrected chi connectivity index (χ2v) is 9.83. The summed E-state index contributed by atoms with van der Waals surface area (Å²) >= 11 is 1.11. The van der Waals surface area contributed by atoms with Gasteiger partial charge < -0.3 is 14.4 Å². The molecule has 0 N–H and O–H groups in total. The smallest absolute Gasteiger partial charge is 0.387 e. The first kappa shape index (κ1) is 22.4. The summed E-state index contributed by atoms with van der Waals surface area (Å²) in [7, 11) is -0.852. The molecule has 0 radical (unpaired) electrons. The summed E-state index contributed by atoms with van der Waals surface area (Å²) in [6.07, 6.45) is 1.01. The van der Waals surface area contributed by atoms with E-state index >= 15 is 0 Å². The van der Waals surface area contributed by atoms with E-state index in [4.69, 9.17) is 4.74 Å². The van der Waals surface area contributed by atoms with E-state index in [1.54, 1.807) is 24.6 Å². The van der Waals surface area contributed by atoms with Gasteiger partial charge in [0.2, 0.25) is 5.91 Å². The van der Waals surface area contributed by atoms with Gasteiger partial charge in [0, 0.05) is 20.1 Å². The highest BCUT2D eigenvalue weighted by Gasteiger charge is 2.40. The van der Waals surface area contributed by atoms with Crippen molar-refractivity contribution in [3.8, 4) is 11.5 Å². The molecule has 0 bridgehead atoms. The Hall–Kier alpha value is -2.24. The predicted molar refractivity (Wildman–Crippen MR) is 107 cm³/mol. The number of hydrogen-bond acceptors (Lipinski definition) is 6. The van der Waals surface area contributed by atoms with Gasteiger partial charge in [-0.15, -0.1) is 11.3 Å². The number of amides is 1. The van der Waals surface area contributed by atoms with Crippen LogP contribution in [0.4, 0.5) is 8.78 Å². The Morgan fingerprint density at radius 3 is 2.73 bits per heavy atom. The maximum absolute atomic E-state index is 13.0. The Morgan fingerprint density at radius 1 is 1.33 bits per heavy atom. The van der Waals surface area contributed by atoms with Crippen LogP contribution in [0.15, 0.2) is 39.9 Å². The van der Waals surface area contributed by atoms with Crippen LogP contribution in [0, 0.1) is 0 Å². The maximum atomic E-state index is 13.0. The standard InChI is InChI=1S/C19H22F2N2O5S2/c1-22(12-13-7-8-15(27-2)16(11-13)28-19(20)21)18(24)14-5-3-9-23(14)30(25,26)17-6-4-10-29-17/h4,6-8,10-11,14,19H,3,5,9,12H2,1-2H3. The lowest BCUT2D eigenvalue weighted by Crippen LogP contribution is -2.46. The summed E-state index contributed by atoms with van der Waals surface area (Å²) < 4.78 is 61.9. The van der Waals surface area contributed by atoms with Crippen molar-refractivity contribution in [1.29, 1.82) is 0 Å². The second kappa shape index (κ2) is 9.27. The Kier molecular flexibility index (Phi) is 6.94. The van der Waals surface area contributed by atoms with E-state index in [9.17, 15) is 22.0 Å². The van der Waals surface area contributed by atoms with Crippen molar-refractivity contribution in [3.05, 3.63) is 41.3 Å². The number of likely N-dealkylation sites (N-methyl/N-ethyl adjacent to an activating group) is 1. The minimum absolute atomic E-state index is 0.103. The second-order valence-electron chi connectivity index (χ2n) is 6.76. The first-order chi connectivity index (χ1) is 14.2. The molecule has 1 aromatic carbocycles. The molecule has 0 spiro atoms. The molecule has 0 aliphatic carbocycles. The molecule has 1 aliphatic rings. The van der Waals surface area contributed by atoms with Crippen molar-refractivity contribution >= 4 is 27.3 Å². The van der Waals surface area contributed by atoms with Crippen LogP contribution in [-0.2, 0) is 21.4 Å². The third kappa shape index (κ3) is 4.73. The molecule has 1 unspecified atom stereocenters. The molecule has 1 fully saturated rings. The van der Waals surface area contributed by atoms with Gasteiger partial charge in [0.05, 0.1) is 7.11 Å². The van der Waals surface area contributed by atoms with E-state index < -0.39 is 22.7 Å². The molecule has 30 heavy (non-hydrogen) atoms. The third-order valence-electron chi connectivity index (χ3n) is 4.79. The first-order valence-corrected chi connectivity index (χ1v) is 11.5. The van der Waals surface area contributed by atoms with Crippen molar-refractivity contribution < 1.29 is 31.5 Å². The van der Waals surface area contributed by atoms with Gasteiger partial charge in [-0.2, -0.15) is 13.1 Å². The summed E-state index contributed by atoms with van der Waals surface area (Å²) in [5, 5.41) is 1.68. The largest absolute Gasteiger partial charge is 0.493 e. The first-order valence-electron chi connectivity index (χ1n) is 9.16. The fourth-order valence-electron chi connectivity index (χ4n) is 3.41. The zero-order valence-electron chi connectivity index (χ0n) is 16.5. The van der Waals surface area contributed by atoms with Crippen LogP contribution in [-0.4, -0.2) is 56.9 Å². The average molecular weight is 461 g/mol. The number of halogens is 2. The van der Waals surface area contributed by atoms with E-state index in [0.717, 1.165) is 11.3 Å². The van der Waals surface area contributed by atoms with Gasteiger partial charge in [-0.1, -0.05) is 12.1 Å². The molecule has 164 valence electrons. The Bertz CT molecular complexity index is 983. The predicted octanol–water partition coefficient (Wildman–Crippen LogP) is 3.17. The topological polar surface area (TPSA) is 76.2 Å². The molecular formula is C19H22F2N2O5S2. The van der Waals surface area contributed by atoms with Crippen LogP contribution in [0.5, 0.6) is 11.5 Å². The molecule has 3 rings (SSSR count). The van der Waals surface area contributed by atoms with Gasteiger partial charge in [-0.05, 0) is 42.0 Å². The van der Waals surface area contributed by atoms with E-state index in [1.165, 1.54) is 34.5 Å². The monoisotopic (exact) mass is 460 g/mol. The average Bonchev–Trinajstić information content (AvgIpc) is 3.39. The number of alkyl halides is 2. The SMILES string of the molecule is COc1ccc(CN(C)C(=O)C2CCCN2S(=O)(=O)c2cccs2)cc1OC(F)F. The summed E-state index contributed by atoms with van der Waals surface area (Å²) in [5.74, 6) is -0.328. The van der Waals surface area contributed by atoms with Gasteiger partial charge in [-0.3, -0.25) is 4.79 Å². The lowest BCUT2D eigenvalue weighted by atomic mass is 10.1. The summed E-state index contributed by atoms with van der Waals surface area (Å²) in [6, 6.07) is 6.87. The highest BCUT2D eigenvalue weighted by Crippen LogP contribution is 2.31. The van der Waals surface area contributed by atoms with Crippen molar-refractivity contribution in [2.24, 2.45) is 0 Å². The lowest BCUT2D eigenvalue weighted by molar-refractivity contribution is -0.133. The van der Waals surface area contributed by atoms with Gasteiger partial charge in [0.1, 0.15) is 10.3 Å². The number of carbonyl (C=O) groups excluding carboxylic acids is 1. The van der Waals surface area contributed by atoms with Crippen LogP contribution in [0.25, 0.3) is 0 Å². The number of methoxy groups -OCH3 is 1. The fraction of sp³-hybridized carbons (Fsp3) is 0.421.